The van der Waals surface area contributed by atoms with Crippen LogP contribution in [0.2, 0.25) is 0 Å². The summed E-state index contributed by atoms with van der Waals surface area (Å²) < 4.78 is 10.6. The van der Waals surface area contributed by atoms with E-state index in [0.29, 0.717) is 19.4 Å². The van der Waals surface area contributed by atoms with Gasteiger partial charge in [-0.2, -0.15) is 0 Å². The second-order valence-corrected chi connectivity index (χ2v) is 5.20. The van der Waals surface area contributed by atoms with Gasteiger partial charge in [-0.25, -0.2) is 0 Å². The summed E-state index contributed by atoms with van der Waals surface area (Å²) in [6, 6.07) is 6.36. The third kappa shape index (κ3) is 3.87. The quantitative estimate of drug-likeness (QED) is 0.828. The Hall–Kier alpha value is -1.75. The van der Waals surface area contributed by atoms with Gasteiger partial charge in [-0.15, -0.1) is 0 Å². The third-order valence-corrected chi connectivity index (χ3v) is 3.72. The first-order valence-electron chi connectivity index (χ1n) is 6.87. The van der Waals surface area contributed by atoms with E-state index >= 15 is 0 Å². The molecule has 1 heterocycles. The molecular weight excluding hydrogens is 258 g/mol. The maximum Gasteiger partial charge on any atom is 0.304 e. The van der Waals surface area contributed by atoms with Crippen molar-refractivity contribution >= 4 is 5.97 Å². The highest BCUT2D eigenvalue weighted by Gasteiger charge is 2.14. The summed E-state index contributed by atoms with van der Waals surface area (Å²) >= 11 is 0. The Bertz CT molecular complexity index is 475. The van der Waals surface area contributed by atoms with E-state index in [0.717, 1.165) is 24.3 Å². The maximum atomic E-state index is 10.6. The third-order valence-electron chi connectivity index (χ3n) is 3.72. The van der Waals surface area contributed by atoms with Crippen LogP contribution in [0, 0.1) is 0 Å². The number of aryl methyl sites for hydroxylation is 1. The van der Waals surface area contributed by atoms with Crippen molar-refractivity contribution in [2.45, 2.75) is 32.2 Å². The van der Waals surface area contributed by atoms with Gasteiger partial charge in [-0.05, 0) is 44.5 Å². The van der Waals surface area contributed by atoms with Crippen LogP contribution in [-0.2, 0) is 11.2 Å². The lowest BCUT2D eigenvalue weighted by molar-refractivity contribution is -0.137. The van der Waals surface area contributed by atoms with Crippen molar-refractivity contribution < 1.29 is 19.4 Å². The number of carboxylic acid groups (broad SMARTS) is 1. The summed E-state index contributed by atoms with van der Waals surface area (Å²) in [5, 5.41) is 8.69. The van der Waals surface area contributed by atoms with Crippen LogP contribution >= 0.6 is 0 Å². The smallest absolute Gasteiger partial charge is 0.304 e. The lowest BCUT2D eigenvalue weighted by atomic mass is 10.0. The Morgan fingerprint density at radius 1 is 1.40 bits per heavy atom. The first-order chi connectivity index (χ1) is 9.56. The molecule has 1 N–H and O–H groups in total. The van der Waals surface area contributed by atoms with Gasteiger partial charge in [0, 0.05) is 12.6 Å². The van der Waals surface area contributed by atoms with Crippen molar-refractivity contribution in [3.63, 3.8) is 0 Å². The summed E-state index contributed by atoms with van der Waals surface area (Å²) in [6.07, 6.45) is 2.11. The fourth-order valence-corrected chi connectivity index (χ4v) is 2.18. The van der Waals surface area contributed by atoms with Crippen molar-refractivity contribution in [2.24, 2.45) is 0 Å². The number of nitrogens with zero attached hydrogens (tertiary/aromatic N) is 1. The molecule has 1 atom stereocenters. The van der Waals surface area contributed by atoms with Gasteiger partial charge in [0.2, 0.25) is 6.79 Å². The molecule has 1 aliphatic heterocycles. The minimum Gasteiger partial charge on any atom is -0.481 e. The van der Waals surface area contributed by atoms with Crippen molar-refractivity contribution in [1.29, 1.82) is 0 Å². The first-order valence-corrected chi connectivity index (χ1v) is 6.87. The van der Waals surface area contributed by atoms with E-state index in [2.05, 4.69) is 17.9 Å². The largest absolute Gasteiger partial charge is 0.481 e. The minimum absolute atomic E-state index is 0.185. The van der Waals surface area contributed by atoms with Crippen molar-refractivity contribution in [3.8, 4) is 11.5 Å². The first kappa shape index (κ1) is 14.7. The normalized spacial score (nSPS) is 14.6. The van der Waals surface area contributed by atoms with Crippen LogP contribution in [0.5, 0.6) is 11.5 Å². The van der Waals surface area contributed by atoms with E-state index in [4.69, 9.17) is 14.6 Å². The number of rotatable bonds is 7. The molecule has 1 aliphatic rings. The molecule has 5 nitrogen and oxygen atoms in total. The topological polar surface area (TPSA) is 59.0 Å². The van der Waals surface area contributed by atoms with E-state index in [-0.39, 0.29) is 6.42 Å². The monoisotopic (exact) mass is 279 g/mol. The van der Waals surface area contributed by atoms with Gasteiger partial charge in [0.1, 0.15) is 0 Å². The SMILES string of the molecule is CC(CCc1ccc2c(c1)OCO2)N(C)CCC(=O)O. The van der Waals surface area contributed by atoms with Gasteiger partial charge in [-0.3, -0.25) is 4.79 Å². The maximum absolute atomic E-state index is 10.6. The Balaban J connectivity index is 1.80. The highest BCUT2D eigenvalue weighted by molar-refractivity contribution is 5.66. The average molecular weight is 279 g/mol. The molecule has 110 valence electrons. The van der Waals surface area contributed by atoms with E-state index < -0.39 is 5.97 Å². The van der Waals surface area contributed by atoms with Crippen LogP contribution < -0.4 is 9.47 Å². The van der Waals surface area contributed by atoms with Crippen LogP contribution in [0.3, 0.4) is 0 Å². The van der Waals surface area contributed by atoms with Gasteiger partial charge >= 0.3 is 5.97 Å². The van der Waals surface area contributed by atoms with Crippen molar-refractivity contribution in [1.82, 2.24) is 4.90 Å². The number of hydrogen-bond acceptors (Lipinski definition) is 4. The highest BCUT2D eigenvalue weighted by Crippen LogP contribution is 2.32. The molecule has 2 rings (SSSR count). The zero-order chi connectivity index (χ0) is 14.5. The second-order valence-electron chi connectivity index (χ2n) is 5.20. The van der Waals surface area contributed by atoms with E-state index in [1.807, 2.05) is 19.2 Å². The molecule has 5 heteroatoms. The number of carbonyl (C=O) groups is 1. The molecule has 1 unspecified atom stereocenters. The Labute approximate surface area is 119 Å². The van der Waals surface area contributed by atoms with Gasteiger partial charge in [0.05, 0.1) is 6.42 Å². The Kier molecular flexibility index (Phi) is 4.84. The molecule has 0 bridgehead atoms. The summed E-state index contributed by atoms with van der Waals surface area (Å²) in [5.74, 6) is 0.870. The van der Waals surface area contributed by atoms with Gasteiger partial charge in [-0.1, -0.05) is 6.07 Å². The number of fused-ring (bicyclic) bond motifs is 1. The van der Waals surface area contributed by atoms with Gasteiger partial charge < -0.3 is 19.5 Å². The summed E-state index contributed by atoms with van der Waals surface area (Å²) in [6.45, 7) is 3.00. The fourth-order valence-electron chi connectivity index (χ4n) is 2.18. The molecule has 0 fully saturated rings. The molecular formula is C15H21NO4. The molecule has 0 radical (unpaired) electrons. The number of hydrogen-bond donors (Lipinski definition) is 1. The predicted molar refractivity (Wildman–Crippen MR) is 75.2 cm³/mol. The number of aliphatic carboxylic acids is 1. The fraction of sp³-hybridized carbons (Fsp3) is 0.533. The van der Waals surface area contributed by atoms with Gasteiger partial charge in [0.15, 0.2) is 11.5 Å². The highest BCUT2D eigenvalue weighted by atomic mass is 16.7. The molecule has 1 aromatic rings. The molecule has 0 aromatic heterocycles. The van der Waals surface area contributed by atoms with Crippen LogP contribution in [0.1, 0.15) is 25.3 Å². The molecule has 20 heavy (non-hydrogen) atoms. The van der Waals surface area contributed by atoms with Crippen LogP contribution in [0.4, 0.5) is 0 Å². The predicted octanol–water partition coefficient (Wildman–Crippen LogP) is 2.14. The van der Waals surface area contributed by atoms with E-state index in [1.165, 1.54) is 5.56 Å². The number of benzene rings is 1. The Morgan fingerprint density at radius 3 is 2.90 bits per heavy atom. The molecule has 1 aromatic carbocycles. The van der Waals surface area contributed by atoms with Gasteiger partial charge in [0.25, 0.3) is 0 Å². The van der Waals surface area contributed by atoms with Crippen LogP contribution in [0.15, 0.2) is 18.2 Å². The van der Waals surface area contributed by atoms with E-state index in [1.54, 1.807) is 0 Å². The summed E-state index contributed by atoms with van der Waals surface area (Å²) in [7, 11) is 1.97. The molecule has 0 saturated heterocycles. The van der Waals surface area contributed by atoms with Crippen molar-refractivity contribution in [2.75, 3.05) is 20.4 Å². The van der Waals surface area contributed by atoms with Crippen LogP contribution in [-0.4, -0.2) is 42.4 Å². The summed E-state index contributed by atoms with van der Waals surface area (Å²) in [4.78, 5) is 12.6. The zero-order valence-electron chi connectivity index (χ0n) is 12.0. The standard InChI is InChI=1S/C15H21NO4/c1-11(16(2)8-7-15(17)18)3-4-12-5-6-13-14(9-12)20-10-19-13/h5-6,9,11H,3-4,7-8,10H2,1-2H3,(H,17,18). The lowest BCUT2D eigenvalue weighted by Gasteiger charge is -2.24. The number of ether oxygens (including phenoxy) is 2. The number of carboxylic acids is 1. The molecule has 0 spiro atoms. The molecule has 0 saturated carbocycles. The second kappa shape index (κ2) is 6.61. The lowest BCUT2D eigenvalue weighted by Crippen LogP contribution is -2.31. The summed E-state index contributed by atoms with van der Waals surface area (Å²) in [5.41, 5.74) is 1.22. The average Bonchev–Trinajstić information content (AvgIpc) is 2.89. The molecule has 0 amide bonds. The van der Waals surface area contributed by atoms with Crippen LogP contribution in [0.25, 0.3) is 0 Å². The van der Waals surface area contributed by atoms with E-state index in [9.17, 15) is 4.79 Å². The molecule has 0 aliphatic carbocycles. The minimum atomic E-state index is -0.750. The van der Waals surface area contributed by atoms with Crippen molar-refractivity contribution in [3.05, 3.63) is 23.8 Å². The zero-order valence-corrected chi connectivity index (χ0v) is 12.0. The Morgan fingerprint density at radius 2 is 2.15 bits per heavy atom.